The largest absolute Gasteiger partial charge is 0.463 e. The molecule has 0 spiro atoms. The Bertz CT molecular complexity index is 414. The van der Waals surface area contributed by atoms with Gasteiger partial charge in [0, 0.05) is 6.04 Å². The van der Waals surface area contributed by atoms with E-state index in [2.05, 4.69) is 4.74 Å². The van der Waals surface area contributed by atoms with Gasteiger partial charge < -0.3 is 20.0 Å². The quantitative estimate of drug-likeness (QED) is 0.756. The van der Waals surface area contributed by atoms with E-state index >= 15 is 0 Å². The molecule has 5 heteroatoms. The number of ether oxygens (including phenoxy) is 1. The molecule has 1 aliphatic rings. The van der Waals surface area contributed by atoms with Crippen molar-refractivity contribution in [1.82, 2.24) is 0 Å². The third-order valence-electron chi connectivity index (χ3n) is 3.22. The lowest BCUT2D eigenvalue weighted by Gasteiger charge is -2.33. The van der Waals surface area contributed by atoms with Crippen molar-refractivity contribution in [3.63, 3.8) is 0 Å². The zero-order chi connectivity index (χ0) is 12.5. The monoisotopic (exact) mass is 239 g/mol. The summed E-state index contributed by atoms with van der Waals surface area (Å²) in [5, 5.41) is 10.5. The highest BCUT2D eigenvalue weighted by Crippen LogP contribution is 2.37. The van der Waals surface area contributed by atoms with Crippen LogP contribution in [0.5, 0.6) is 0 Å². The van der Waals surface area contributed by atoms with Crippen molar-refractivity contribution in [2.75, 3.05) is 7.11 Å². The third-order valence-corrected chi connectivity index (χ3v) is 3.22. The van der Waals surface area contributed by atoms with Crippen LogP contribution in [0.25, 0.3) is 0 Å². The first-order chi connectivity index (χ1) is 8.05. The van der Waals surface area contributed by atoms with Gasteiger partial charge in [0.05, 0.1) is 7.11 Å². The van der Waals surface area contributed by atoms with E-state index in [-0.39, 0.29) is 11.8 Å². The summed E-state index contributed by atoms with van der Waals surface area (Å²) in [6.07, 6.45) is 2.83. The molecule has 17 heavy (non-hydrogen) atoms. The molecule has 0 aliphatic heterocycles. The molecule has 1 aromatic rings. The van der Waals surface area contributed by atoms with Gasteiger partial charge in [0.25, 0.3) is 0 Å². The first kappa shape index (κ1) is 12.1. The van der Waals surface area contributed by atoms with E-state index in [1.807, 2.05) is 0 Å². The van der Waals surface area contributed by atoms with Crippen molar-refractivity contribution in [3.8, 4) is 0 Å². The number of esters is 1. The van der Waals surface area contributed by atoms with Gasteiger partial charge in [-0.15, -0.1) is 0 Å². The van der Waals surface area contributed by atoms with Crippen molar-refractivity contribution in [2.24, 2.45) is 5.73 Å². The molecule has 1 aromatic heterocycles. The molecule has 2 atom stereocenters. The van der Waals surface area contributed by atoms with Crippen LogP contribution in [0.1, 0.15) is 42.0 Å². The molecular formula is C12H17NO4. The van der Waals surface area contributed by atoms with Crippen molar-refractivity contribution >= 4 is 5.97 Å². The molecule has 0 aromatic carbocycles. The van der Waals surface area contributed by atoms with Crippen LogP contribution >= 0.6 is 0 Å². The smallest absolute Gasteiger partial charge is 0.373 e. The number of furan rings is 1. The van der Waals surface area contributed by atoms with Crippen molar-refractivity contribution in [3.05, 3.63) is 23.7 Å². The highest BCUT2D eigenvalue weighted by atomic mass is 16.5. The number of hydrogen-bond donors (Lipinski definition) is 2. The average molecular weight is 239 g/mol. The number of carbonyl (C=O) groups is 1. The van der Waals surface area contributed by atoms with Crippen LogP contribution in [0.4, 0.5) is 0 Å². The summed E-state index contributed by atoms with van der Waals surface area (Å²) in [6, 6.07) is 3.10. The Morgan fingerprint density at radius 3 is 3.06 bits per heavy atom. The second kappa shape index (κ2) is 4.50. The zero-order valence-corrected chi connectivity index (χ0v) is 9.81. The number of nitrogens with two attached hydrogens (primary N) is 1. The van der Waals surface area contributed by atoms with Crippen LogP contribution in [0.2, 0.25) is 0 Å². The molecular weight excluding hydrogens is 222 g/mol. The predicted octanol–water partition coefficient (Wildman–Crippen LogP) is 1.16. The van der Waals surface area contributed by atoms with Gasteiger partial charge in [0.1, 0.15) is 11.4 Å². The summed E-state index contributed by atoms with van der Waals surface area (Å²) < 4.78 is 9.90. The van der Waals surface area contributed by atoms with E-state index < -0.39 is 11.6 Å². The molecule has 1 heterocycles. The van der Waals surface area contributed by atoms with Gasteiger partial charge in [-0.05, 0) is 37.8 Å². The summed E-state index contributed by atoms with van der Waals surface area (Å²) in [7, 11) is 1.29. The molecule has 0 amide bonds. The molecule has 2 unspecified atom stereocenters. The number of aliphatic hydroxyl groups is 1. The van der Waals surface area contributed by atoms with Crippen LogP contribution in [0.3, 0.4) is 0 Å². The van der Waals surface area contributed by atoms with Crippen LogP contribution in [0.15, 0.2) is 16.5 Å². The normalized spacial score (nSPS) is 29.0. The zero-order valence-electron chi connectivity index (χ0n) is 9.81. The molecule has 1 aliphatic carbocycles. The van der Waals surface area contributed by atoms with E-state index in [1.54, 1.807) is 6.07 Å². The van der Waals surface area contributed by atoms with Crippen LogP contribution < -0.4 is 5.73 Å². The average Bonchev–Trinajstić information content (AvgIpc) is 2.77. The number of hydrogen-bond acceptors (Lipinski definition) is 5. The number of carbonyl (C=O) groups excluding carboxylic acids is 1. The van der Waals surface area contributed by atoms with Gasteiger partial charge in [-0.25, -0.2) is 4.79 Å². The Balaban J connectivity index is 2.21. The Hall–Kier alpha value is -1.33. The van der Waals surface area contributed by atoms with Crippen molar-refractivity contribution < 1.29 is 19.1 Å². The molecule has 0 radical (unpaired) electrons. The molecule has 1 saturated carbocycles. The summed E-state index contributed by atoms with van der Waals surface area (Å²) in [6.45, 7) is 0. The SMILES string of the molecule is COC(=O)c1ccc(C2(O)CCCC(N)C2)o1. The second-order valence-electron chi connectivity index (χ2n) is 4.54. The summed E-state index contributed by atoms with van der Waals surface area (Å²) in [5.41, 5.74) is 4.80. The van der Waals surface area contributed by atoms with Gasteiger partial charge in [0.15, 0.2) is 0 Å². The molecule has 0 saturated heterocycles. The maximum Gasteiger partial charge on any atom is 0.373 e. The first-order valence-corrected chi connectivity index (χ1v) is 5.72. The van der Waals surface area contributed by atoms with Crippen molar-refractivity contribution in [2.45, 2.75) is 37.3 Å². The minimum absolute atomic E-state index is 0.0274. The molecule has 5 nitrogen and oxygen atoms in total. The first-order valence-electron chi connectivity index (χ1n) is 5.72. The lowest BCUT2D eigenvalue weighted by atomic mass is 9.80. The fraction of sp³-hybridized carbons (Fsp3) is 0.583. The molecule has 0 bridgehead atoms. The molecule has 3 N–H and O–H groups in total. The van der Waals surface area contributed by atoms with Gasteiger partial charge in [-0.2, -0.15) is 0 Å². The maximum absolute atomic E-state index is 11.3. The lowest BCUT2D eigenvalue weighted by Crippen LogP contribution is -2.38. The summed E-state index contributed by atoms with van der Waals surface area (Å²) in [4.78, 5) is 11.3. The van der Waals surface area contributed by atoms with Gasteiger partial charge in [0.2, 0.25) is 5.76 Å². The van der Waals surface area contributed by atoms with Crippen LogP contribution in [-0.2, 0) is 10.3 Å². The highest BCUT2D eigenvalue weighted by Gasteiger charge is 2.37. The maximum atomic E-state index is 11.3. The van der Waals surface area contributed by atoms with E-state index in [1.165, 1.54) is 13.2 Å². The number of methoxy groups -OCH3 is 1. The molecule has 1 fully saturated rings. The predicted molar refractivity (Wildman–Crippen MR) is 60.4 cm³/mol. The van der Waals surface area contributed by atoms with E-state index in [0.29, 0.717) is 18.6 Å². The van der Waals surface area contributed by atoms with Gasteiger partial charge in [-0.3, -0.25) is 0 Å². The Labute approximate surface area is 99.5 Å². The highest BCUT2D eigenvalue weighted by molar-refractivity contribution is 5.86. The number of rotatable bonds is 2. The molecule has 2 rings (SSSR count). The van der Waals surface area contributed by atoms with Gasteiger partial charge >= 0.3 is 5.97 Å². The molecule has 94 valence electrons. The van der Waals surface area contributed by atoms with Gasteiger partial charge in [-0.1, -0.05) is 0 Å². The van der Waals surface area contributed by atoms with Crippen LogP contribution in [-0.4, -0.2) is 24.2 Å². The third kappa shape index (κ3) is 2.35. The summed E-state index contributed by atoms with van der Waals surface area (Å²) in [5.74, 6) is -0.0388. The fourth-order valence-electron chi connectivity index (χ4n) is 2.32. The Morgan fingerprint density at radius 2 is 2.41 bits per heavy atom. The van der Waals surface area contributed by atoms with E-state index in [4.69, 9.17) is 10.2 Å². The van der Waals surface area contributed by atoms with Crippen molar-refractivity contribution in [1.29, 1.82) is 0 Å². The standard InChI is InChI=1S/C12H17NO4/c1-16-11(14)9-4-5-10(17-9)12(15)6-2-3-8(13)7-12/h4-5,8,15H,2-3,6-7,13H2,1H3. The fourth-order valence-corrected chi connectivity index (χ4v) is 2.32. The minimum atomic E-state index is -1.05. The Morgan fingerprint density at radius 1 is 1.65 bits per heavy atom. The summed E-state index contributed by atoms with van der Waals surface area (Å²) >= 11 is 0. The van der Waals surface area contributed by atoms with E-state index in [0.717, 1.165) is 12.8 Å². The lowest BCUT2D eigenvalue weighted by molar-refractivity contribution is -0.0267. The Kier molecular flexibility index (Phi) is 3.22. The van der Waals surface area contributed by atoms with Crippen LogP contribution in [0, 0.1) is 0 Å². The topological polar surface area (TPSA) is 85.7 Å². The minimum Gasteiger partial charge on any atom is -0.463 e. The van der Waals surface area contributed by atoms with E-state index in [9.17, 15) is 9.90 Å². The second-order valence-corrected chi connectivity index (χ2v) is 4.54.